The van der Waals surface area contributed by atoms with Crippen LogP contribution >= 0.6 is 0 Å². The van der Waals surface area contributed by atoms with Gasteiger partial charge in [-0.25, -0.2) is 0 Å². The normalized spacial score (nSPS) is 14.5. The molecule has 0 spiro atoms. The van der Waals surface area contributed by atoms with Gasteiger partial charge in [0, 0.05) is 30.7 Å². The molecule has 0 amide bonds. The van der Waals surface area contributed by atoms with E-state index in [1.165, 1.54) is 0 Å². The Morgan fingerprint density at radius 2 is 1.93 bits per heavy atom. The number of allylic oxidation sites excluding steroid dienone is 5. The summed E-state index contributed by atoms with van der Waals surface area (Å²) in [6.07, 6.45) is 7.22. The quantitative estimate of drug-likeness (QED) is 0.487. The van der Waals surface area contributed by atoms with E-state index in [0.717, 1.165) is 16.8 Å². The summed E-state index contributed by atoms with van der Waals surface area (Å²) in [6, 6.07) is 0. The van der Waals surface area contributed by atoms with Crippen LogP contribution in [-0.2, 0) is 0 Å². The molecule has 0 bridgehead atoms. The van der Waals surface area contributed by atoms with Crippen molar-refractivity contribution in [2.75, 3.05) is 7.05 Å². The van der Waals surface area contributed by atoms with Gasteiger partial charge in [0.15, 0.2) is 0 Å². The highest BCUT2D eigenvalue weighted by molar-refractivity contribution is 5.87. The summed E-state index contributed by atoms with van der Waals surface area (Å²) in [6.45, 7) is 10.7. The highest BCUT2D eigenvalue weighted by Crippen LogP contribution is 2.15. The van der Waals surface area contributed by atoms with E-state index in [2.05, 4.69) is 28.4 Å². The lowest BCUT2D eigenvalue weighted by molar-refractivity contribution is 1.28. The standard InChI is InChI=1S/C12H17N3/c1-6-11(7-8-13-3)12(9-14-4)10(2)15-5/h6-9H,3,5H2,1-2,4H3/b8-7-,11-6+,12-10-,14-9?. The highest BCUT2D eigenvalue weighted by Gasteiger charge is 2.01. The molecule has 0 radical (unpaired) electrons. The molecule has 0 aromatic carbocycles. The maximum absolute atomic E-state index is 3.99. The van der Waals surface area contributed by atoms with Gasteiger partial charge in [-0.2, -0.15) is 0 Å². The van der Waals surface area contributed by atoms with Crippen LogP contribution < -0.4 is 0 Å². The third-order valence-corrected chi connectivity index (χ3v) is 1.87. The van der Waals surface area contributed by atoms with Crippen molar-refractivity contribution in [2.45, 2.75) is 13.8 Å². The number of rotatable bonds is 5. The lowest BCUT2D eigenvalue weighted by Crippen LogP contribution is -1.92. The average molecular weight is 203 g/mol. The lowest BCUT2D eigenvalue weighted by atomic mass is 10.1. The van der Waals surface area contributed by atoms with Crippen molar-refractivity contribution in [3.8, 4) is 0 Å². The van der Waals surface area contributed by atoms with E-state index in [4.69, 9.17) is 0 Å². The molecule has 0 aromatic rings. The summed E-state index contributed by atoms with van der Waals surface area (Å²) < 4.78 is 0. The molecule has 0 atom stereocenters. The van der Waals surface area contributed by atoms with Gasteiger partial charge < -0.3 is 0 Å². The molecular weight excluding hydrogens is 186 g/mol. The van der Waals surface area contributed by atoms with Crippen LogP contribution in [0, 0.1) is 0 Å². The fourth-order valence-electron chi connectivity index (χ4n) is 1.07. The van der Waals surface area contributed by atoms with Crippen LogP contribution in [0.25, 0.3) is 0 Å². The maximum atomic E-state index is 3.99. The molecule has 0 saturated heterocycles. The van der Waals surface area contributed by atoms with Crippen LogP contribution in [0.2, 0.25) is 0 Å². The minimum absolute atomic E-state index is 0.836. The first-order valence-corrected chi connectivity index (χ1v) is 4.60. The second kappa shape index (κ2) is 7.62. The molecular formula is C12H17N3. The Bertz CT molecular complexity index is 344. The van der Waals surface area contributed by atoms with E-state index in [1.54, 1.807) is 19.5 Å². The molecule has 0 N–H and O–H groups in total. The number of hydrogen-bond acceptors (Lipinski definition) is 3. The third-order valence-electron chi connectivity index (χ3n) is 1.87. The number of aliphatic imine (C=N–C) groups is 3. The van der Waals surface area contributed by atoms with E-state index in [1.807, 2.05) is 26.0 Å². The van der Waals surface area contributed by atoms with Gasteiger partial charge in [0.05, 0.1) is 0 Å². The van der Waals surface area contributed by atoms with Crippen LogP contribution in [0.5, 0.6) is 0 Å². The first-order chi connectivity index (χ1) is 7.21. The predicted octanol–water partition coefficient (Wildman–Crippen LogP) is 2.82. The van der Waals surface area contributed by atoms with Crippen molar-refractivity contribution in [3.05, 3.63) is 35.2 Å². The Kier molecular flexibility index (Phi) is 6.72. The molecule has 0 aliphatic heterocycles. The van der Waals surface area contributed by atoms with Gasteiger partial charge in [0.2, 0.25) is 0 Å². The molecule has 0 unspecified atom stereocenters. The largest absolute Gasteiger partial charge is 0.296 e. The summed E-state index contributed by atoms with van der Waals surface area (Å²) in [5.74, 6) is 0. The SMILES string of the molecule is C=N\C=C/C(=C\C)C(/C=NC)=C(/C)N=C. The first-order valence-electron chi connectivity index (χ1n) is 4.60. The Hall–Kier alpha value is -1.77. The molecule has 3 nitrogen and oxygen atoms in total. The van der Waals surface area contributed by atoms with Crippen LogP contribution in [0.3, 0.4) is 0 Å². The summed E-state index contributed by atoms with van der Waals surface area (Å²) in [7, 11) is 1.72. The zero-order chi connectivity index (χ0) is 11.7. The van der Waals surface area contributed by atoms with Crippen molar-refractivity contribution >= 4 is 19.6 Å². The summed E-state index contributed by atoms with van der Waals surface area (Å²) in [4.78, 5) is 11.6. The predicted molar refractivity (Wildman–Crippen MR) is 69.1 cm³/mol. The van der Waals surface area contributed by atoms with Crippen molar-refractivity contribution in [2.24, 2.45) is 15.0 Å². The topological polar surface area (TPSA) is 37.1 Å². The minimum Gasteiger partial charge on any atom is -0.296 e. The molecule has 3 heteroatoms. The van der Waals surface area contributed by atoms with Gasteiger partial charge in [0.25, 0.3) is 0 Å². The van der Waals surface area contributed by atoms with Gasteiger partial charge >= 0.3 is 0 Å². The Morgan fingerprint density at radius 3 is 2.33 bits per heavy atom. The third kappa shape index (κ3) is 4.31. The molecule has 15 heavy (non-hydrogen) atoms. The number of nitrogens with zero attached hydrogens (tertiary/aromatic N) is 3. The van der Waals surface area contributed by atoms with Crippen molar-refractivity contribution in [1.82, 2.24) is 0 Å². The first kappa shape index (κ1) is 13.2. The summed E-state index contributed by atoms with van der Waals surface area (Å²) in [5.41, 5.74) is 2.77. The van der Waals surface area contributed by atoms with E-state index in [0.29, 0.717) is 0 Å². The lowest BCUT2D eigenvalue weighted by Gasteiger charge is -2.04. The minimum atomic E-state index is 0.836. The van der Waals surface area contributed by atoms with Crippen molar-refractivity contribution in [3.63, 3.8) is 0 Å². The fraction of sp³-hybridized carbons (Fsp3) is 0.250. The molecule has 0 rings (SSSR count). The smallest absolute Gasteiger partial charge is 0.0458 e. The Labute approximate surface area is 91.4 Å². The molecule has 0 heterocycles. The molecule has 0 fully saturated rings. The highest BCUT2D eigenvalue weighted by atomic mass is 14.7. The van der Waals surface area contributed by atoms with Crippen molar-refractivity contribution < 1.29 is 0 Å². The van der Waals surface area contributed by atoms with Gasteiger partial charge in [-0.1, -0.05) is 6.08 Å². The maximum Gasteiger partial charge on any atom is 0.0458 e. The Balaban J connectivity index is 5.33. The second-order valence-corrected chi connectivity index (χ2v) is 2.79. The summed E-state index contributed by atoms with van der Waals surface area (Å²) >= 11 is 0. The van der Waals surface area contributed by atoms with Gasteiger partial charge in [0.1, 0.15) is 0 Å². The van der Waals surface area contributed by atoms with Gasteiger partial charge in [-0.05, 0) is 38.9 Å². The molecule has 0 saturated carbocycles. The Morgan fingerprint density at radius 1 is 1.27 bits per heavy atom. The zero-order valence-electron chi connectivity index (χ0n) is 9.57. The van der Waals surface area contributed by atoms with Gasteiger partial charge in [-0.15, -0.1) is 0 Å². The zero-order valence-corrected chi connectivity index (χ0v) is 9.57. The van der Waals surface area contributed by atoms with Crippen LogP contribution in [0.15, 0.2) is 50.2 Å². The fourth-order valence-corrected chi connectivity index (χ4v) is 1.07. The van der Waals surface area contributed by atoms with Crippen LogP contribution in [-0.4, -0.2) is 26.7 Å². The van der Waals surface area contributed by atoms with Crippen LogP contribution in [0.1, 0.15) is 13.8 Å². The number of hydrogen-bond donors (Lipinski definition) is 0. The van der Waals surface area contributed by atoms with E-state index in [9.17, 15) is 0 Å². The van der Waals surface area contributed by atoms with Gasteiger partial charge in [-0.3, -0.25) is 15.0 Å². The van der Waals surface area contributed by atoms with Crippen molar-refractivity contribution in [1.29, 1.82) is 0 Å². The molecule has 0 aliphatic carbocycles. The van der Waals surface area contributed by atoms with E-state index >= 15 is 0 Å². The monoisotopic (exact) mass is 203 g/mol. The van der Waals surface area contributed by atoms with E-state index < -0.39 is 0 Å². The molecule has 0 aromatic heterocycles. The molecule has 80 valence electrons. The van der Waals surface area contributed by atoms with Crippen LogP contribution in [0.4, 0.5) is 0 Å². The average Bonchev–Trinajstić information content (AvgIpc) is 2.27. The summed E-state index contributed by atoms with van der Waals surface area (Å²) in [5, 5.41) is 0. The molecule has 0 aliphatic rings. The van der Waals surface area contributed by atoms with E-state index in [-0.39, 0.29) is 0 Å². The second-order valence-electron chi connectivity index (χ2n) is 2.79.